The normalized spacial score (nSPS) is 24.3. The SMILES string of the molecule is CN(C)CCN1CCC(NC(=O)N[C@@H]2Cc3ccccc3[C@H]2O)CC1. The molecular weight excluding hydrogens is 316 g/mol. The van der Waals surface area contributed by atoms with Crippen molar-refractivity contribution in [2.24, 2.45) is 0 Å². The molecule has 0 spiro atoms. The zero-order chi connectivity index (χ0) is 17.8. The van der Waals surface area contributed by atoms with Crippen molar-refractivity contribution >= 4 is 6.03 Å². The molecule has 1 saturated heterocycles. The maximum Gasteiger partial charge on any atom is 0.315 e. The summed E-state index contributed by atoms with van der Waals surface area (Å²) >= 11 is 0. The molecule has 1 aromatic carbocycles. The molecule has 6 nitrogen and oxygen atoms in total. The molecule has 6 heteroatoms. The highest BCUT2D eigenvalue weighted by Crippen LogP contribution is 2.30. The van der Waals surface area contributed by atoms with Crippen molar-refractivity contribution in [3.63, 3.8) is 0 Å². The van der Waals surface area contributed by atoms with Gasteiger partial charge in [0.05, 0.1) is 12.1 Å². The monoisotopic (exact) mass is 346 g/mol. The fourth-order valence-electron chi connectivity index (χ4n) is 3.74. The number of carbonyl (C=O) groups is 1. The minimum absolute atomic E-state index is 0.163. The molecular formula is C19H30N4O2. The number of nitrogens with one attached hydrogen (secondary N) is 2. The minimum Gasteiger partial charge on any atom is -0.386 e. The first-order chi connectivity index (χ1) is 12.0. The molecule has 138 valence electrons. The zero-order valence-corrected chi connectivity index (χ0v) is 15.2. The van der Waals surface area contributed by atoms with E-state index in [0.717, 1.165) is 50.1 Å². The minimum atomic E-state index is -0.616. The van der Waals surface area contributed by atoms with Crippen molar-refractivity contribution in [1.29, 1.82) is 0 Å². The Kier molecular flexibility index (Phi) is 5.93. The van der Waals surface area contributed by atoms with Crippen LogP contribution >= 0.6 is 0 Å². The Bertz CT molecular complexity index is 585. The van der Waals surface area contributed by atoms with Gasteiger partial charge < -0.3 is 25.5 Å². The molecule has 0 unspecified atom stereocenters. The van der Waals surface area contributed by atoms with Crippen molar-refractivity contribution < 1.29 is 9.90 Å². The molecule has 2 atom stereocenters. The fraction of sp³-hybridized carbons (Fsp3) is 0.632. The van der Waals surface area contributed by atoms with Crippen LogP contribution < -0.4 is 10.6 Å². The van der Waals surface area contributed by atoms with Gasteiger partial charge in [0.25, 0.3) is 0 Å². The third kappa shape index (κ3) is 4.71. The summed E-state index contributed by atoms with van der Waals surface area (Å²) in [7, 11) is 4.18. The van der Waals surface area contributed by atoms with Crippen LogP contribution in [0.25, 0.3) is 0 Å². The van der Waals surface area contributed by atoms with Gasteiger partial charge in [0.15, 0.2) is 0 Å². The van der Waals surface area contributed by atoms with Crippen LogP contribution in [-0.4, -0.2) is 73.3 Å². The molecule has 2 amide bonds. The lowest BCUT2D eigenvalue weighted by molar-refractivity contribution is 0.140. The Balaban J connectivity index is 1.41. The Morgan fingerprint density at radius 3 is 2.64 bits per heavy atom. The van der Waals surface area contributed by atoms with Crippen LogP contribution in [0, 0.1) is 0 Å². The highest BCUT2D eigenvalue weighted by atomic mass is 16.3. The Hall–Kier alpha value is -1.63. The molecule has 3 rings (SSSR count). The summed E-state index contributed by atoms with van der Waals surface area (Å²) in [6.07, 6.45) is 2.03. The van der Waals surface area contributed by atoms with Crippen LogP contribution in [0.15, 0.2) is 24.3 Å². The van der Waals surface area contributed by atoms with Crippen molar-refractivity contribution in [2.45, 2.75) is 37.5 Å². The van der Waals surface area contributed by atoms with E-state index in [-0.39, 0.29) is 18.1 Å². The smallest absolute Gasteiger partial charge is 0.315 e. The van der Waals surface area contributed by atoms with Gasteiger partial charge in [-0.15, -0.1) is 0 Å². The van der Waals surface area contributed by atoms with Crippen molar-refractivity contribution in [1.82, 2.24) is 20.4 Å². The summed E-state index contributed by atoms with van der Waals surface area (Å²) < 4.78 is 0. The van der Waals surface area contributed by atoms with Gasteiger partial charge in [-0.05, 0) is 44.5 Å². The second-order valence-electron chi connectivity index (χ2n) is 7.49. The van der Waals surface area contributed by atoms with Crippen molar-refractivity contribution in [2.75, 3.05) is 40.3 Å². The van der Waals surface area contributed by atoms with E-state index in [4.69, 9.17) is 0 Å². The summed E-state index contributed by atoms with van der Waals surface area (Å²) in [5, 5.41) is 16.4. The van der Waals surface area contributed by atoms with E-state index in [9.17, 15) is 9.90 Å². The average Bonchev–Trinajstić information content (AvgIpc) is 2.90. The number of piperidine rings is 1. The molecule has 2 aliphatic rings. The Morgan fingerprint density at radius 2 is 1.96 bits per heavy atom. The maximum atomic E-state index is 12.3. The molecule has 1 aromatic rings. The van der Waals surface area contributed by atoms with E-state index >= 15 is 0 Å². The molecule has 1 fully saturated rings. The number of hydrogen-bond donors (Lipinski definition) is 3. The van der Waals surface area contributed by atoms with E-state index < -0.39 is 6.10 Å². The summed E-state index contributed by atoms with van der Waals surface area (Å²) in [5.41, 5.74) is 2.05. The van der Waals surface area contributed by atoms with Crippen molar-refractivity contribution in [3.05, 3.63) is 35.4 Å². The Morgan fingerprint density at radius 1 is 1.24 bits per heavy atom. The highest BCUT2D eigenvalue weighted by molar-refractivity contribution is 5.75. The van der Waals surface area contributed by atoms with E-state index in [1.54, 1.807) is 0 Å². The second-order valence-corrected chi connectivity index (χ2v) is 7.49. The fourth-order valence-corrected chi connectivity index (χ4v) is 3.74. The summed E-state index contributed by atoms with van der Waals surface area (Å²) in [6, 6.07) is 7.66. The van der Waals surface area contributed by atoms with Crippen LogP contribution in [0.2, 0.25) is 0 Å². The highest BCUT2D eigenvalue weighted by Gasteiger charge is 2.32. The summed E-state index contributed by atoms with van der Waals surface area (Å²) in [4.78, 5) is 17.0. The first-order valence-electron chi connectivity index (χ1n) is 9.23. The molecule has 3 N–H and O–H groups in total. The predicted molar refractivity (Wildman–Crippen MR) is 98.6 cm³/mol. The number of benzene rings is 1. The standard InChI is InChI=1S/C19H30N4O2/c1-22(2)11-12-23-9-7-15(8-10-23)20-19(25)21-17-13-14-5-3-4-6-16(14)18(17)24/h3-6,15,17-18,24H,7-13H2,1-2H3,(H2,20,21,25)/t17-,18-/m1/s1. The first kappa shape index (κ1) is 18.2. The van der Waals surface area contributed by atoms with Gasteiger partial charge in [-0.3, -0.25) is 0 Å². The molecule has 0 saturated carbocycles. The number of amides is 2. The number of aliphatic hydroxyl groups excluding tert-OH is 1. The van der Waals surface area contributed by atoms with Crippen LogP contribution in [0.5, 0.6) is 0 Å². The number of likely N-dealkylation sites (N-methyl/N-ethyl adjacent to an activating group) is 1. The number of rotatable bonds is 5. The molecule has 0 radical (unpaired) electrons. The van der Waals surface area contributed by atoms with E-state index in [2.05, 4.69) is 34.5 Å². The topological polar surface area (TPSA) is 67.8 Å². The van der Waals surface area contributed by atoms with Crippen molar-refractivity contribution in [3.8, 4) is 0 Å². The number of fused-ring (bicyclic) bond motifs is 1. The molecule has 1 aliphatic carbocycles. The third-order valence-corrected chi connectivity index (χ3v) is 5.30. The van der Waals surface area contributed by atoms with E-state index in [1.807, 2.05) is 24.3 Å². The lowest BCUT2D eigenvalue weighted by atomic mass is 10.1. The van der Waals surface area contributed by atoms with Gasteiger partial charge in [-0.25, -0.2) is 4.79 Å². The number of hydrogen-bond acceptors (Lipinski definition) is 4. The van der Waals surface area contributed by atoms with Crippen LogP contribution in [-0.2, 0) is 6.42 Å². The number of urea groups is 1. The van der Waals surface area contributed by atoms with Crippen LogP contribution in [0.4, 0.5) is 4.79 Å². The van der Waals surface area contributed by atoms with Gasteiger partial charge in [0, 0.05) is 32.2 Å². The van der Waals surface area contributed by atoms with Crippen LogP contribution in [0.3, 0.4) is 0 Å². The predicted octanol–water partition coefficient (Wildman–Crippen LogP) is 0.970. The van der Waals surface area contributed by atoms with Gasteiger partial charge in [0.2, 0.25) is 0 Å². The molecule has 1 aliphatic heterocycles. The zero-order valence-electron chi connectivity index (χ0n) is 15.2. The van der Waals surface area contributed by atoms with E-state index in [0.29, 0.717) is 6.42 Å². The van der Waals surface area contributed by atoms with Gasteiger partial charge in [0.1, 0.15) is 0 Å². The van der Waals surface area contributed by atoms with Crippen LogP contribution in [0.1, 0.15) is 30.1 Å². The maximum absolute atomic E-state index is 12.3. The van der Waals surface area contributed by atoms with Gasteiger partial charge in [-0.2, -0.15) is 0 Å². The Labute approximate surface area is 150 Å². The van der Waals surface area contributed by atoms with E-state index in [1.165, 1.54) is 0 Å². The molecule has 1 heterocycles. The lowest BCUT2D eigenvalue weighted by Gasteiger charge is -2.33. The number of carbonyl (C=O) groups excluding carboxylic acids is 1. The summed E-state index contributed by atoms with van der Waals surface area (Å²) in [6.45, 7) is 4.20. The molecule has 0 bridgehead atoms. The number of aliphatic hydroxyl groups is 1. The number of likely N-dealkylation sites (tertiary alicyclic amines) is 1. The largest absolute Gasteiger partial charge is 0.386 e. The second kappa shape index (κ2) is 8.17. The van der Waals surface area contributed by atoms with Gasteiger partial charge in [-0.1, -0.05) is 24.3 Å². The third-order valence-electron chi connectivity index (χ3n) is 5.30. The van der Waals surface area contributed by atoms with Gasteiger partial charge >= 0.3 is 6.03 Å². The lowest BCUT2D eigenvalue weighted by Crippen LogP contribution is -2.51. The average molecular weight is 346 g/mol. The quantitative estimate of drug-likeness (QED) is 0.743. The molecule has 25 heavy (non-hydrogen) atoms. The first-order valence-corrected chi connectivity index (χ1v) is 9.23. The number of nitrogens with zero attached hydrogens (tertiary/aromatic N) is 2. The molecule has 0 aromatic heterocycles. The summed E-state index contributed by atoms with van der Waals surface area (Å²) in [5.74, 6) is 0.